The first-order chi connectivity index (χ1) is 12.3. The molecule has 0 aliphatic rings. The summed E-state index contributed by atoms with van der Waals surface area (Å²) in [7, 11) is 0. The van der Waals surface area contributed by atoms with Crippen LogP contribution in [0.1, 0.15) is 33.0 Å². The maximum absolute atomic E-state index is 12.3. The van der Waals surface area contributed by atoms with Crippen molar-refractivity contribution in [1.29, 1.82) is 0 Å². The quantitative estimate of drug-likeness (QED) is 0.649. The van der Waals surface area contributed by atoms with Crippen molar-refractivity contribution in [3.8, 4) is 10.7 Å². The Morgan fingerprint density at radius 2 is 2.08 bits per heavy atom. The van der Waals surface area contributed by atoms with E-state index in [1.807, 2.05) is 42.9 Å². The van der Waals surface area contributed by atoms with Crippen molar-refractivity contribution < 1.29 is 4.79 Å². The lowest BCUT2D eigenvalue weighted by molar-refractivity contribution is -0.116. The molecule has 3 heterocycles. The van der Waals surface area contributed by atoms with E-state index in [0.29, 0.717) is 17.0 Å². The normalized spacial score (nSPS) is 11.5. The minimum absolute atomic E-state index is 0.126. The van der Waals surface area contributed by atoms with Crippen molar-refractivity contribution in [3.63, 3.8) is 0 Å². The van der Waals surface area contributed by atoms with Crippen molar-refractivity contribution in [2.24, 2.45) is 0 Å². The topological polar surface area (TPSA) is 88.5 Å². The highest BCUT2D eigenvalue weighted by Crippen LogP contribution is 2.23. The molecule has 2 N–H and O–H groups in total. The number of H-pyrrole nitrogens is 1. The molecular weight excluding hydrogens is 368 g/mol. The lowest BCUT2D eigenvalue weighted by atomic mass is 9.96. The van der Waals surface area contributed by atoms with Gasteiger partial charge in [-0.05, 0) is 23.7 Å². The summed E-state index contributed by atoms with van der Waals surface area (Å²) in [4.78, 5) is 21.9. The maximum Gasteiger partial charge on any atom is 0.226 e. The fraction of sp³-hybridized carbons (Fsp3) is 0.353. The fourth-order valence-corrected chi connectivity index (χ4v) is 3.28. The van der Waals surface area contributed by atoms with Crippen LogP contribution in [-0.2, 0) is 16.8 Å². The summed E-state index contributed by atoms with van der Waals surface area (Å²) in [6.07, 6.45) is 3.53. The lowest BCUT2D eigenvalue weighted by Gasteiger charge is -2.16. The molecule has 0 fully saturated rings. The van der Waals surface area contributed by atoms with E-state index in [9.17, 15) is 4.79 Å². The first kappa shape index (κ1) is 18.4. The summed E-state index contributed by atoms with van der Waals surface area (Å²) in [5.74, 6) is 1.36. The van der Waals surface area contributed by atoms with Gasteiger partial charge in [-0.2, -0.15) is 5.10 Å². The molecular formula is C17H20N6OS2. The van der Waals surface area contributed by atoms with E-state index < -0.39 is 0 Å². The van der Waals surface area contributed by atoms with E-state index in [2.05, 4.69) is 25.5 Å². The Morgan fingerprint density at radius 3 is 2.69 bits per heavy atom. The largest absolute Gasteiger partial charge is 0.323 e. The zero-order chi connectivity index (χ0) is 18.7. The Kier molecular flexibility index (Phi) is 5.28. The summed E-state index contributed by atoms with van der Waals surface area (Å²) in [5.41, 5.74) is 0.454. The summed E-state index contributed by atoms with van der Waals surface area (Å²) in [6, 6.07) is 3.93. The van der Waals surface area contributed by atoms with Gasteiger partial charge in [0.2, 0.25) is 5.91 Å². The highest BCUT2D eigenvalue weighted by Gasteiger charge is 2.17. The molecule has 9 heteroatoms. The zero-order valence-corrected chi connectivity index (χ0v) is 16.4. The van der Waals surface area contributed by atoms with Crippen LogP contribution in [0.15, 0.2) is 29.9 Å². The number of amides is 1. The SMILES string of the molecule is CC(C)(C)c1ncc(NC(=O)CCn2c(-c3cccs3)n[nH]c2=S)cn1. The van der Waals surface area contributed by atoms with E-state index in [1.54, 1.807) is 23.7 Å². The first-order valence-electron chi connectivity index (χ1n) is 8.16. The molecule has 0 unspecified atom stereocenters. The lowest BCUT2D eigenvalue weighted by Crippen LogP contribution is -2.18. The van der Waals surface area contributed by atoms with Gasteiger partial charge in [0.05, 0.1) is 23.0 Å². The molecule has 0 spiro atoms. The smallest absolute Gasteiger partial charge is 0.226 e. The number of hydrogen-bond acceptors (Lipinski definition) is 6. The molecule has 0 saturated carbocycles. The number of aromatic nitrogens is 5. The van der Waals surface area contributed by atoms with Gasteiger partial charge in [-0.25, -0.2) is 9.97 Å². The second-order valence-electron chi connectivity index (χ2n) is 6.82. The average Bonchev–Trinajstić information content (AvgIpc) is 3.22. The van der Waals surface area contributed by atoms with E-state index in [4.69, 9.17) is 12.2 Å². The standard InChI is InChI=1S/C17H20N6OS2/c1-17(2,3)15-18-9-11(10-19-15)20-13(24)6-7-23-14(21-22-16(23)25)12-5-4-8-26-12/h4-5,8-10H,6-7H2,1-3H3,(H,20,24)(H,22,25). The van der Waals surface area contributed by atoms with Crippen LogP contribution < -0.4 is 5.32 Å². The van der Waals surface area contributed by atoms with Gasteiger partial charge in [0.15, 0.2) is 10.6 Å². The molecule has 3 aromatic rings. The van der Waals surface area contributed by atoms with Crippen LogP contribution >= 0.6 is 23.6 Å². The van der Waals surface area contributed by atoms with Crippen LogP contribution in [0.2, 0.25) is 0 Å². The molecule has 136 valence electrons. The number of rotatable bonds is 5. The first-order valence-corrected chi connectivity index (χ1v) is 9.45. The minimum atomic E-state index is -0.127. The fourth-order valence-electron chi connectivity index (χ4n) is 2.34. The van der Waals surface area contributed by atoms with Gasteiger partial charge in [-0.1, -0.05) is 26.8 Å². The predicted octanol–water partition coefficient (Wildman–Crippen LogP) is 3.79. The van der Waals surface area contributed by atoms with Gasteiger partial charge >= 0.3 is 0 Å². The van der Waals surface area contributed by atoms with Crippen molar-refractivity contribution in [1.82, 2.24) is 24.7 Å². The number of carbonyl (C=O) groups excluding carboxylic acids is 1. The van der Waals surface area contributed by atoms with Crippen LogP contribution in [0.5, 0.6) is 0 Å². The number of nitrogens with zero attached hydrogens (tertiary/aromatic N) is 4. The monoisotopic (exact) mass is 388 g/mol. The van der Waals surface area contributed by atoms with E-state index >= 15 is 0 Å². The van der Waals surface area contributed by atoms with E-state index in [1.165, 1.54) is 0 Å². The molecule has 0 bridgehead atoms. The Morgan fingerprint density at radius 1 is 1.35 bits per heavy atom. The van der Waals surface area contributed by atoms with Crippen LogP contribution in [-0.4, -0.2) is 30.6 Å². The van der Waals surface area contributed by atoms with E-state index in [0.717, 1.165) is 16.5 Å². The van der Waals surface area contributed by atoms with Gasteiger partial charge in [0, 0.05) is 18.4 Å². The maximum atomic E-state index is 12.3. The Balaban J connectivity index is 1.63. The van der Waals surface area contributed by atoms with Gasteiger partial charge in [0.25, 0.3) is 0 Å². The number of hydrogen-bond donors (Lipinski definition) is 2. The molecule has 3 rings (SSSR count). The molecule has 1 amide bonds. The van der Waals surface area contributed by atoms with Crippen molar-refractivity contribution in [3.05, 3.63) is 40.5 Å². The third-order valence-corrected chi connectivity index (χ3v) is 4.85. The van der Waals surface area contributed by atoms with Crippen LogP contribution in [0.25, 0.3) is 10.7 Å². The average molecular weight is 389 g/mol. The third kappa shape index (κ3) is 4.23. The number of carbonyl (C=O) groups is 1. The molecule has 26 heavy (non-hydrogen) atoms. The third-order valence-electron chi connectivity index (χ3n) is 3.67. The van der Waals surface area contributed by atoms with Crippen molar-refractivity contribution >= 4 is 35.1 Å². The Labute approximate surface area is 160 Å². The van der Waals surface area contributed by atoms with E-state index in [-0.39, 0.29) is 17.7 Å². The van der Waals surface area contributed by atoms with Crippen LogP contribution in [0.4, 0.5) is 5.69 Å². The number of aromatic amines is 1. The second kappa shape index (κ2) is 7.46. The second-order valence-corrected chi connectivity index (χ2v) is 8.16. The van der Waals surface area contributed by atoms with Gasteiger partial charge in [-0.3, -0.25) is 14.5 Å². The summed E-state index contributed by atoms with van der Waals surface area (Å²) in [5, 5.41) is 11.8. The molecule has 7 nitrogen and oxygen atoms in total. The summed E-state index contributed by atoms with van der Waals surface area (Å²) < 4.78 is 2.33. The Hall–Kier alpha value is -2.39. The molecule has 0 atom stereocenters. The van der Waals surface area contributed by atoms with Crippen LogP contribution in [0.3, 0.4) is 0 Å². The number of anilines is 1. The molecule has 0 aromatic carbocycles. The summed E-state index contributed by atoms with van der Waals surface area (Å²) >= 11 is 6.85. The molecule has 3 aromatic heterocycles. The highest BCUT2D eigenvalue weighted by molar-refractivity contribution is 7.71. The van der Waals surface area contributed by atoms with Gasteiger partial charge in [-0.15, -0.1) is 11.3 Å². The van der Waals surface area contributed by atoms with Crippen molar-refractivity contribution in [2.75, 3.05) is 5.32 Å². The number of thiophene rings is 1. The number of nitrogens with one attached hydrogen (secondary N) is 2. The van der Waals surface area contributed by atoms with Crippen LogP contribution in [0, 0.1) is 4.77 Å². The Bertz CT molecular complexity index is 935. The van der Waals surface area contributed by atoms with Crippen molar-refractivity contribution in [2.45, 2.75) is 39.2 Å². The molecule has 0 saturated heterocycles. The van der Waals surface area contributed by atoms with Gasteiger partial charge < -0.3 is 5.32 Å². The summed E-state index contributed by atoms with van der Waals surface area (Å²) in [6.45, 7) is 6.57. The zero-order valence-electron chi connectivity index (χ0n) is 14.8. The molecule has 0 aliphatic carbocycles. The predicted molar refractivity (Wildman–Crippen MR) is 105 cm³/mol. The highest BCUT2D eigenvalue weighted by atomic mass is 32.1. The molecule has 0 aliphatic heterocycles. The van der Waals surface area contributed by atoms with Gasteiger partial charge in [0.1, 0.15) is 5.82 Å². The molecule has 0 radical (unpaired) electrons. The minimum Gasteiger partial charge on any atom is -0.323 e.